The lowest BCUT2D eigenvalue weighted by molar-refractivity contribution is -0.122. The van der Waals surface area contributed by atoms with Gasteiger partial charge < -0.3 is 19.7 Å². The van der Waals surface area contributed by atoms with Gasteiger partial charge in [-0.1, -0.05) is 24.3 Å². The molecule has 1 N–H and O–H groups in total. The number of methoxy groups -OCH3 is 2. The maximum Gasteiger partial charge on any atom is 0.257 e. The summed E-state index contributed by atoms with van der Waals surface area (Å²) in [5.74, 6) is -0.260. The van der Waals surface area contributed by atoms with E-state index in [-0.39, 0.29) is 24.8 Å². The largest absolute Gasteiger partial charge is 0.493 e. The first kappa shape index (κ1) is 27.4. The summed E-state index contributed by atoms with van der Waals surface area (Å²) in [4.78, 5) is 54.5. The second-order valence-electron chi connectivity index (χ2n) is 9.27. The van der Waals surface area contributed by atoms with Crippen molar-refractivity contribution >= 4 is 35.0 Å². The van der Waals surface area contributed by atoms with Crippen molar-refractivity contribution in [2.24, 2.45) is 0 Å². The van der Waals surface area contributed by atoms with Crippen LogP contribution in [-0.2, 0) is 20.8 Å². The summed E-state index contributed by atoms with van der Waals surface area (Å²) in [5, 5.41) is 2.66. The van der Waals surface area contributed by atoms with Crippen LogP contribution in [0.1, 0.15) is 34.8 Å². The number of ether oxygens (including phenoxy) is 2. The molecule has 1 fully saturated rings. The highest BCUT2D eigenvalue weighted by Crippen LogP contribution is 2.30. The quantitative estimate of drug-likeness (QED) is 0.421. The SMILES string of the molecule is COc1ccc(CCN(C(=O)c2ccccc2C)C2CC(=O)N(c3ccc(NC(C)=O)cc3)C2=O)cc1OC. The van der Waals surface area contributed by atoms with Crippen molar-refractivity contribution in [2.75, 3.05) is 31.0 Å². The first-order chi connectivity index (χ1) is 18.7. The number of imide groups is 1. The fourth-order valence-corrected chi connectivity index (χ4v) is 4.68. The van der Waals surface area contributed by atoms with Crippen molar-refractivity contribution < 1.29 is 28.7 Å². The van der Waals surface area contributed by atoms with E-state index in [2.05, 4.69) is 5.32 Å². The molecule has 4 amide bonds. The van der Waals surface area contributed by atoms with E-state index in [1.54, 1.807) is 56.7 Å². The summed E-state index contributed by atoms with van der Waals surface area (Å²) < 4.78 is 10.7. The summed E-state index contributed by atoms with van der Waals surface area (Å²) in [6, 6.07) is 18.2. The Hall–Kier alpha value is -4.66. The number of carbonyl (C=O) groups excluding carboxylic acids is 4. The third-order valence-electron chi connectivity index (χ3n) is 6.67. The predicted octanol–water partition coefficient (Wildman–Crippen LogP) is 3.99. The molecule has 0 bridgehead atoms. The molecule has 3 aromatic rings. The molecule has 1 aliphatic rings. The van der Waals surface area contributed by atoms with Crippen LogP contribution in [-0.4, -0.2) is 55.3 Å². The van der Waals surface area contributed by atoms with Gasteiger partial charge in [0.25, 0.3) is 11.8 Å². The first-order valence-electron chi connectivity index (χ1n) is 12.6. The molecular weight excluding hydrogens is 498 g/mol. The van der Waals surface area contributed by atoms with E-state index in [4.69, 9.17) is 9.47 Å². The van der Waals surface area contributed by atoms with E-state index in [0.717, 1.165) is 16.0 Å². The van der Waals surface area contributed by atoms with E-state index in [9.17, 15) is 19.2 Å². The maximum atomic E-state index is 13.8. The summed E-state index contributed by atoms with van der Waals surface area (Å²) in [5.41, 5.74) is 3.07. The summed E-state index contributed by atoms with van der Waals surface area (Å²) in [6.45, 7) is 3.44. The minimum atomic E-state index is -0.959. The number of aryl methyl sites for hydroxylation is 1. The van der Waals surface area contributed by atoms with Gasteiger partial charge in [-0.25, -0.2) is 4.90 Å². The highest BCUT2D eigenvalue weighted by molar-refractivity contribution is 6.23. The van der Waals surface area contributed by atoms with Gasteiger partial charge in [-0.3, -0.25) is 19.2 Å². The van der Waals surface area contributed by atoms with Crippen molar-refractivity contribution in [1.82, 2.24) is 4.90 Å². The minimum absolute atomic E-state index is 0.129. The molecule has 1 unspecified atom stereocenters. The number of nitrogens with zero attached hydrogens (tertiary/aromatic N) is 2. The average molecular weight is 530 g/mol. The third-order valence-corrected chi connectivity index (χ3v) is 6.67. The molecule has 9 nitrogen and oxygen atoms in total. The monoisotopic (exact) mass is 529 g/mol. The molecule has 0 aromatic heterocycles. The molecular formula is C30H31N3O6. The minimum Gasteiger partial charge on any atom is -0.493 e. The second-order valence-corrected chi connectivity index (χ2v) is 9.27. The normalized spacial score (nSPS) is 14.8. The van der Waals surface area contributed by atoms with Crippen LogP contribution in [0.2, 0.25) is 0 Å². The van der Waals surface area contributed by atoms with Crippen LogP contribution in [0.25, 0.3) is 0 Å². The zero-order chi connectivity index (χ0) is 28.1. The molecule has 39 heavy (non-hydrogen) atoms. The number of nitrogens with one attached hydrogen (secondary N) is 1. The highest BCUT2D eigenvalue weighted by atomic mass is 16.5. The molecule has 1 atom stereocenters. The molecule has 0 aliphatic carbocycles. The highest BCUT2D eigenvalue weighted by Gasteiger charge is 2.44. The van der Waals surface area contributed by atoms with Gasteiger partial charge in [0.2, 0.25) is 11.8 Å². The number of anilines is 2. The number of benzene rings is 3. The van der Waals surface area contributed by atoms with Crippen molar-refractivity contribution in [3.8, 4) is 11.5 Å². The predicted molar refractivity (Wildman–Crippen MR) is 147 cm³/mol. The van der Waals surface area contributed by atoms with Crippen molar-refractivity contribution in [2.45, 2.75) is 32.7 Å². The second kappa shape index (κ2) is 11.8. The van der Waals surface area contributed by atoms with Gasteiger partial charge in [0.05, 0.1) is 26.3 Å². The lowest BCUT2D eigenvalue weighted by Gasteiger charge is -2.28. The summed E-state index contributed by atoms with van der Waals surface area (Å²) in [6.07, 6.45) is 0.303. The van der Waals surface area contributed by atoms with Gasteiger partial charge in [0.1, 0.15) is 6.04 Å². The van der Waals surface area contributed by atoms with Crippen LogP contribution in [0.5, 0.6) is 11.5 Å². The molecule has 9 heteroatoms. The molecule has 1 heterocycles. The van der Waals surface area contributed by atoms with Crippen molar-refractivity contribution in [3.05, 3.63) is 83.4 Å². The summed E-state index contributed by atoms with van der Waals surface area (Å²) in [7, 11) is 3.11. The van der Waals surface area contributed by atoms with E-state index in [0.29, 0.717) is 34.9 Å². The van der Waals surface area contributed by atoms with Crippen LogP contribution in [0.15, 0.2) is 66.7 Å². The lowest BCUT2D eigenvalue weighted by atomic mass is 10.0. The Morgan fingerprint density at radius 1 is 0.974 bits per heavy atom. The van der Waals surface area contributed by atoms with Crippen LogP contribution in [0.3, 0.4) is 0 Å². The standard InChI is InChI=1S/C30H31N3O6/c1-19-7-5-6-8-24(19)29(36)32(16-15-21-9-14-26(38-3)27(17-21)39-4)25-18-28(35)33(30(25)37)23-12-10-22(11-13-23)31-20(2)34/h5-14,17,25H,15-16,18H2,1-4H3,(H,31,34). The fraction of sp³-hybridized carbons (Fsp3) is 0.267. The van der Waals surface area contributed by atoms with Gasteiger partial charge in [-0.05, 0) is 66.9 Å². The number of carbonyl (C=O) groups is 4. The van der Waals surface area contributed by atoms with Gasteiger partial charge in [-0.2, -0.15) is 0 Å². The van der Waals surface area contributed by atoms with E-state index >= 15 is 0 Å². The Balaban J connectivity index is 1.63. The Morgan fingerprint density at radius 3 is 2.31 bits per heavy atom. The third kappa shape index (κ3) is 5.93. The molecule has 3 aromatic carbocycles. The Kier molecular flexibility index (Phi) is 8.29. The van der Waals surface area contributed by atoms with E-state index in [1.165, 1.54) is 11.8 Å². The maximum absolute atomic E-state index is 13.8. The molecule has 0 saturated carbocycles. The Bertz CT molecular complexity index is 1400. The zero-order valence-electron chi connectivity index (χ0n) is 22.4. The number of hydrogen-bond acceptors (Lipinski definition) is 6. The molecule has 202 valence electrons. The number of hydrogen-bond donors (Lipinski definition) is 1. The van der Waals surface area contributed by atoms with Gasteiger partial charge in [0.15, 0.2) is 11.5 Å². The van der Waals surface area contributed by atoms with Crippen molar-refractivity contribution in [3.63, 3.8) is 0 Å². The Morgan fingerprint density at radius 2 is 1.67 bits per heavy atom. The smallest absolute Gasteiger partial charge is 0.257 e. The van der Waals surface area contributed by atoms with Gasteiger partial charge in [0, 0.05) is 24.7 Å². The van der Waals surface area contributed by atoms with Crippen molar-refractivity contribution in [1.29, 1.82) is 0 Å². The topological polar surface area (TPSA) is 105 Å². The number of amides is 4. The lowest BCUT2D eigenvalue weighted by Crippen LogP contribution is -2.46. The fourth-order valence-electron chi connectivity index (χ4n) is 4.68. The first-order valence-corrected chi connectivity index (χ1v) is 12.6. The van der Waals surface area contributed by atoms with E-state index in [1.807, 2.05) is 31.2 Å². The zero-order valence-corrected chi connectivity index (χ0v) is 22.4. The Labute approximate surface area is 227 Å². The average Bonchev–Trinajstić information content (AvgIpc) is 3.22. The van der Waals surface area contributed by atoms with Crippen LogP contribution >= 0.6 is 0 Å². The molecule has 0 spiro atoms. The number of rotatable bonds is 9. The molecule has 4 rings (SSSR count). The summed E-state index contributed by atoms with van der Waals surface area (Å²) >= 11 is 0. The molecule has 1 saturated heterocycles. The van der Waals surface area contributed by atoms with Crippen LogP contribution in [0.4, 0.5) is 11.4 Å². The van der Waals surface area contributed by atoms with Crippen LogP contribution < -0.4 is 19.7 Å². The van der Waals surface area contributed by atoms with Crippen LogP contribution in [0, 0.1) is 6.92 Å². The molecule has 1 aliphatic heterocycles. The molecule has 0 radical (unpaired) electrons. The van der Waals surface area contributed by atoms with Gasteiger partial charge in [-0.15, -0.1) is 0 Å². The van der Waals surface area contributed by atoms with E-state index < -0.39 is 17.9 Å². The van der Waals surface area contributed by atoms with Gasteiger partial charge >= 0.3 is 0 Å².